The summed E-state index contributed by atoms with van der Waals surface area (Å²) >= 11 is 6.31. The Balaban J connectivity index is 1.43. The molecule has 2 saturated heterocycles. The first-order chi connectivity index (χ1) is 14.4. The lowest BCUT2D eigenvalue weighted by Gasteiger charge is -2.61. The fourth-order valence-corrected chi connectivity index (χ4v) is 5.00. The summed E-state index contributed by atoms with van der Waals surface area (Å²) in [5.41, 5.74) is 0.493. The molecule has 11 heteroatoms. The van der Waals surface area contributed by atoms with Crippen molar-refractivity contribution in [2.75, 3.05) is 5.32 Å². The molecule has 4 heterocycles. The van der Waals surface area contributed by atoms with Gasteiger partial charge in [0, 0.05) is 30.8 Å². The van der Waals surface area contributed by atoms with Crippen molar-refractivity contribution < 1.29 is 9.21 Å². The average Bonchev–Trinajstić information content (AvgIpc) is 3.31. The van der Waals surface area contributed by atoms with Gasteiger partial charge in [-0.05, 0) is 37.0 Å². The van der Waals surface area contributed by atoms with Gasteiger partial charge >= 0.3 is 11.8 Å². The van der Waals surface area contributed by atoms with Gasteiger partial charge in [0.1, 0.15) is 11.9 Å². The highest BCUT2D eigenvalue weighted by Crippen LogP contribution is 2.55. The minimum absolute atomic E-state index is 0.0694. The van der Waals surface area contributed by atoms with Crippen LogP contribution < -0.4 is 11.1 Å². The minimum atomic E-state index is -0.705. The largest absolute Gasteiger partial charge is 0.434 e. The summed E-state index contributed by atoms with van der Waals surface area (Å²) in [6, 6.07) is 4.97. The van der Waals surface area contributed by atoms with Crippen LogP contribution in [-0.4, -0.2) is 41.9 Å². The van der Waals surface area contributed by atoms with Gasteiger partial charge in [-0.2, -0.15) is 5.10 Å². The molecule has 3 fully saturated rings. The number of aromatic amines is 1. The van der Waals surface area contributed by atoms with Gasteiger partial charge in [-0.15, -0.1) is 5.10 Å². The predicted octanol–water partition coefficient (Wildman–Crippen LogP) is 2.74. The second-order valence-corrected chi connectivity index (χ2v) is 8.50. The Labute approximate surface area is 176 Å². The number of H-pyrrole nitrogens is 1. The van der Waals surface area contributed by atoms with Gasteiger partial charge in [-0.3, -0.25) is 4.68 Å². The number of fused-ring (bicyclic) bond motifs is 2. The number of amides is 2. The van der Waals surface area contributed by atoms with E-state index < -0.39 is 11.3 Å². The van der Waals surface area contributed by atoms with Crippen LogP contribution in [0.2, 0.25) is 5.02 Å². The predicted molar refractivity (Wildman–Crippen MR) is 108 cm³/mol. The molecule has 30 heavy (non-hydrogen) atoms. The van der Waals surface area contributed by atoms with Gasteiger partial charge in [0.05, 0.1) is 5.02 Å². The van der Waals surface area contributed by atoms with E-state index in [2.05, 4.69) is 32.5 Å². The molecule has 0 radical (unpaired) electrons. The topological polar surface area (TPSA) is 122 Å². The summed E-state index contributed by atoms with van der Waals surface area (Å²) < 4.78 is 6.84. The van der Waals surface area contributed by atoms with Crippen molar-refractivity contribution >= 4 is 23.3 Å². The maximum Gasteiger partial charge on any atom is 0.434 e. The first kappa shape index (κ1) is 18.9. The second kappa shape index (κ2) is 6.69. The molecule has 2 bridgehead atoms. The molecule has 1 saturated carbocycles. The van der Waals surface area contributed by atoms with E-state index in [-0.39, 0.29) is 18.0 Å². The maximum absolute atomic E-state index is 13.2. The van der Waals surface area contributed by atoms with Crippen molar-refractivity contribution in [1.82, 2.24) is 29.9 Å². The number of anilines is 1. The summed E-state index contributed by atoms with van der Waals surface area (Å²) in [5, 5.41) is 14.0. The van der Waals surface area contributed by atoms with Crippen LogP contribution in [0.5, 0.6) is 0 Å². The molecule has 3 aliphatic rings. The molecule has 156 valence electrons. The van der Waals surface area contributed by atoms with Crippen LogP contribution in [0.25, 0.3) is 11.4 Å². The van der Waals surface area contributed by atoms with Gasteiger partial charge < -0.3 is 14.6 Å². The third kappa shape index (κ3) is 2.90. The summed E-state index contributed by atoms with van der Waals surface area (Å²) in [6.07, 6.45) is 3.89. The van der Waals surface area contributed by atoms with Gasteiger partial charge in [0.25, 0.3) is 0 Å². The molecule has 2 aliphatic heterocycles. The third-order valence-corrected chi connectivity index (χ3v) is 6.20. The van der Waals surface area contributed by atoms with E-state index in [0.29, 0.717) is 34.4 Å². The highest BCUT2D eigenvalue weighted by Gasteiger charge is 2.62. The summed E-state index contributed by atoms with van der Waals surface area (Å²) in [5.74, 6) is 0.515. The number of hydrogen-bond donors (Lipinski definition) is 2. The molecular formula is C19H20ClN7O3. The number of hydrogen-bond acceptors (Lipinski definition) is 6. The number of piperidine rings is 1. The molecule has 10 nitrogen and oxygen atoms in total. The summed E-state index contributed by atoms with van der Waals surface area (Å²) in [4.78, 5) is 30.7. The molecule has 6 rings (SSSR count). The zero-order valence-electron chi connectivity index (χ0n) is 16.4. The zero-order valence-corrected chi connectivity index (χ0v) is 17.2. The van der Waals surface area contributed by atoms with E-state index in [9.17, 15) is 9.59 Å². The van der Waals surface area contributed by atoms with Crippen LogP contribution in [0.3, 0.4) is 0 Å². The van der Waals surface area contributed by atoms with Crippen molar-refractivity contribution in [2.24, 2.45) is 13.0 Å². The fraction of sp³-hybridized carbons (Fsp3) is 0.421. The molecule has 3 aromatic rings. The van der Waals surface area contributed by atoms with Crippen LogP contribution in [0.15, 0.2) is 33.7 Å². The highest BCUT2D eigenvalue weighted by atomic mass is 35.5. The Morgan fingerprint density at radius 3 is 2.93 bits per heavy atom. The summed E-state index contributed by atoms with van der Waals surface area (Å²) in [6.45, 7) is 2.13. The lowest BCUT2D eigenvalue weighted by molar-refractivity contribution is -0.110. The van der Waals surface area contributed by atoms with Crippen molar-refractivity contribution in [3.05, 3.63) is 46.0 Å². The van der Waals surface area contributed by atoms with Gasteiger partial charge in [-0.25, -0.2) is 19.7 Å². The zero-order chi connectivity index (χ0) is 21.0. The Morgan fingerprint density at radius 2 is 2.23 bits per heavy atom. The van der Waals surface area contributed by atoms with E-state index in [1.807, 2.05) is 0 Å². The lowest BCUT2D eigenvalue weighted by Crippen LogP contribution is -2.70. The van der Waals surface area contributed by atoms with Crippen LogP contribution in [-0.2, 0) is 12.6 Å². The molecule has 3 unspecified atom stereocenters. The molecule has 3 atom stereocenters. The van der Waals surface area contributed by atoms with Gasteiger partial charge in [0.15, 0.2) is 5.82 Å². The van der Waals surface area contributed by atoms with Crippen molar-refractivity contribution in [3.8, 4) is 11.4 Å². The fourth-order valence-electron chi connectivity index (χ4n) is 4.80. The van der Waals surface area contributed by atoms with Crippen molar-refractivity contribution in [2.45, 2.75) is 37.8 Å². The molecular weight excluding hydrogens is 410 g/mol. The number of urea groups is 1. The molecule has 2 N–H and O–H groups in total. The van der Waals surface area contributed by atoms with Crippen molar-refractivity contribution in [1.29, 1.82) is 0 Å². The SMILES string of the molecule is CC1CC2CC(c3n[nH]c(=O)o3)(C1)N2C(=O)Nc1ccc(Cl)c(-c2ncn(C)n2)c1. The standard InChI is InChI=1S/C19H20ClN7O3/c1-10-5-12-8-19(7-10,16-23-24-18(29)30-16)27(12)17(28)22-11-3-4-14(20)13(6-11)15-21-9-26(2)25-15/h3-4,6,9-10,12H,5,7-8H2,1-2H3,(H,22,28)(H,24,29). The molecule has 1 aromatic carbocycles. The number of rotatable bonds is 3. The molecule has 2 amide bonds. The first-order valence-corrected chi connectivity index (χ1v) is 10.1. The first-order valence-electron chi connectivity index (χ1n) is 9.67. The maximum atomic E-state index is 13.2. The Bertz CT molecular complexity index is 1180. The number of carbonyl (C=O) groups excluding carboxylic acids is 1. The Morgan fingerprint density at radius 1 is 1.40 bits per heavy atom. The minimum Gasteiger partial charge on any atom is -0.390 e. The van der Waals surface area contributed by atoms with Crippen LogP contribution >= 0.6 is 11.6 Å². The van der Waals surface area contributed by atoms with Crippen LogP contribution in [0.4, 0.5) is 10.5 Å². The smallest absolute Gasteiger partial charge is 0.390 e. The van der Waals surface area contributed by atoms with E-state index in [1.165, 1.54) is 0 Å². The number of nitrogens with one attached hydrogen (secondary N) is 2. The number of halogens is 1. The summed E-state index contributed by atoms with van der Waals surface area (Å²) in [7, 11) is 1.77. The average molecular weight is 430 g/mol. The van der Waals surface area contributed by atoms with E-state index in [0.717, 1.165) is 12.8 Å². The molecule has 0 spiro atoms. The number of carbonyl (C=O) groups is 1. The Hall–Kier alpha value is -3.14. The molecule has 1 aliphatic carbocycles. The molecule has 2 aromatic heterocycles. The number of aryl methyl sites for hydroxylation is 1. The Kier molecular flexibility index (Phi) is 4.21. The normalized spacial score (nSPS) is 25.1. The van der Waals surface area contributed by atoms with Crippen molar-refractivity contribution in [3.63, 3.8) is 0 Å². The van der Waals surface area contributed by atoms with Crippen LogP contribution in [0, 0.1) is 5.92 Å². The van der Waals surface area contributed by atoms with Gasteiger partial charge in [-0.1, -0.05) is 18.5 Å². The number of aromatic nitrogens is 5. The van der Waals surface area contributed by atoms with E-state index in [1.54, 1.807) is 41.2 Å². The number of nitrogens with zero attached hydrogens (tertiary/aromatic N) is 5. The third-order valence-electron chi connectivity index (χ3n) is 5.87. The lowest BCUT2D eigenvalue weighted by atomic mass is 9.64. The number of benzene rings is 1. The van der Waals surface area contributed by atoms with E-state index >= 15 is 0 Å². The monoisotopic (exact) mass is 429 g/mol. The second-order valence-electron chi connectivity index (χ2n) is 8.09. The highest BCUT2D eigenvalue weighted by molar-refractivity contribution is 6.33. The quantitative estimate of drug-likeness (QED) is 0.660. The van der Waals surface area contributed by atoms with Crippen LogP contribution in [0.1, 0.15) is 32.1 Å². The van der Waals surface area contributed by atoms with Gasteiger partial charge in [0.2, 0.25) is 5.89 Å². The van der Waals surface area contributed by atoms with E-state index in [4.69, 9.17) is 16.0 Å².